The minimum atomic E-state index is -0.912. The molecule has 0 saturated carbocycles. The number of nitrogens with zero attached hydrogens (tertiary/aromatic N) is 1. The number of imide groups is 2. The average Bonchev–Trinajstić information content (AvgIpc) is 2.81. The average molecular weight is 330 g/mol. The number of benzene rings is 1. The maximum Gasteiger partial charge on any atom is 0.262 e. The molecule has 3 rings (SSSR count). The number of fused-ring (bicyclic) bond motifs is 1. The number of hydrogen-bond acceptors (Lipinski definition) is 4. The molecule has 1 fully saturated rings. The summed E-state index contributed by atoms with van der Waals surface area (Å²) >= 11 is 0. The third kappa shape index (κ3) is 2.84. The Morgan fingerprint density at radius 1 is 1.08 bits per heavy atom. The maximum absolute atomic E-state index is 12.7. The van der Waals surface area contributed by atoms with E-state index in [1.165, 1.54) is 0 Å². The van der Waals surface area contributed by atoms with Crippen LogP contribution in [0.1, 0.15) is 72.7 Å². The lowest BCUT2D eigenvalue weighted by molar-refractivity contribution is -0.136. The first-order valence-electron chi connectivity index (χ1n) is 8.26. The summed E-state index contributed by atoms with van der Waals surface area (Å²) in [6.45, 7) is 7.89. The summed E-state index contributed by atoms with van der Waals surface area (Å²) in [7, 11) is 0. The van der Waals surface area contributed by atoms with Gasteiger partial charge in [-0.1, -0.05) is 39.8 Å². The molecule has 1 N–H and O–H groups in total. The van der Waals surface area contributed by atoms with Gasteiger partial charge in [0.2, 0.25) is 11.8 Å². The highest BCUT2D eigenvalue weighted by Gasteiger charge is 2.45. The summed E-state index contributed by atoms with van der Waals surface area (Å²) < 4.78 is 0. The molecular formula is C18H22N2O4. The molecule has 0 aliphatic carbocycles. The second-order valence-corrected chi connectivity index (χ2v) is 5.87. The van der Waals surface area contributed by atoms with E-state index in [0.717, 1.165) is 10.5 Å². The van der Waals surface area contributed by atoms with Gasteiger partial charge in [-0.05, 0) is 24.0 Å². The van der Waals surface area contributed by atoms with Crippen LogP contribution >= 0.6 is 0 Å². The van der Waals surface area contributed by atoms with Crippen molar-refractivity contribution in [1.29, 1.82) is 0 Å². The van der Waals surface area contributed by atoms with Gasteiger partial charge in [-0.2, -0.15) is 0 Å². The summed E-state index contributed by atoms with van der Waals surface area (Å²) in [5.41, 5.74) is 1.51. The summed E-state index contributed by atoms with van der Waals surface area (Å²) in [6.07, 6.45) is 0.300. The van der Waals surface area contributed by atoms with E-state index in [1.807, 2.05) is 33.8 Å². The Morgan fingerprint density at radius 2 is 1.75 bits per heavy atom. The van der Waals surface area contributed by atoms with Gasteiger partial charge in [0.25, 0.3) is 11.8 Å². The topological polar surface area (TPSA) is 83.6 Å². The number of piperidine rings is 1. The smallest absolute Gasteiger partial charge is 0.262 e. The quantitative estimate of drug-likeness (QED) is 0.843. The molecule has 4 amide bonds. The third-order valence-electron chi connectivity index (χ3n) is 4.12. The highest BCUT2D eigenvalue weighted by molar-refractivity contribution is 6.24. The van der Waals surface area contributed by atoms with Crippen molar-refractivity contribution < 1.29 is 19.2 Å². The van der Waals surface area contributed by atoms with Gasteiger partial charge < -0.3 is 0 Å². The molecule has 2 heterocycles. The van der Waals surface area contributed by atoms with Crippen LogP contribution in [0.3, 0.4) is 0 Å². The molecule has 1 aromatic rings. The Labute approximate surface area is 141 Å². The number of amides is 4. The molecule has 1 aromatic carbocycles. The number of carbonyl (C=O) groups excluding carboxylic acids is 4. The van der Waals surface area contributed by atoms with Crippen LogP contribution < -0.4 is 5.32 Å². The van der Waals surface area contributed by atoms with E-state index >= 15 is 0 Å². The van der Waals surface area contributed by atoms with Crippen LogP contribution in [0.5, 0.6) is 0 Å². The molecule has 1 atom stereocenters. The summed E-state index contributed by atoms with van der Waals surface area (Å²) in [5, 5.41) is 2.19. The minimum absolute atomic E-state index is 0.0911. The molecule has 6 nitrogen and oxygen atoms in total. The first-order chi connectivity index (χ1) is 11.4. The van der Waals surface area contributed by atoms with Crippen LogP contribution in [-0.4, -0.2) is 34.6 Å². The van der Waals surface area contributed by atoms with Gasteiger partial charge in [0, 0.05) is 6.42 Å². The largest absolute Gasteiger partial charge is 0.295 e. The van der Waals surface area contributed by atoms with E-state index in [9.17, 15) is 19.2 Å². The van der Waals surface area contributed by atoms with E-state index in [0.29, 0.717) is 11.1 Å². The predicted octanol–water partition coefficient (Wildman–Crippen LogP) is 2.24. The first-order valence-corrected chi connectivity index (χ1v) is 8.26. The van der Waals surface area contributed by atoms with Crippen LogP contribution in [0.25, 0.3) is 0 Å². The Hall–Kier alpha value is -2.50. The zero-order valence-electron chi connectivity index (χ0n) is 14.4. The molecule has 0 spiro atoms. The fourth-order valence-corrected chi connectivity index (χ4v) is 3.02. The molecule has 24 heavy (non-hydrogen) atoms. The van der Waals surface area contributed by atoms with Crippen LogP contribution in [0.2, 0.25) is 0 Å². The molecule has 0 aromatic heterocycles. The summed E-state index contributed by atoms with van der Waals surface area (Å²) in [6, 6.07) is 4.26. The van der Waals surface area contributed by atoms with Gasteiger partial charge in [-0.15, -0.1) is 0 Å². The molecule has 1 unspecified atom stereocenters. The molecule has 0 bridgehead atoms. The van der Waals surface area contributed by atoms with Crippen molar-refractivity contribution in [1.82, 2.24) is 10.2 Å². The van der Waals surface area contributed by atoms with Crippen molar-refractivity contribution in [3.8, 4) is 0 Å². The lowest BCUT2D eigenvalue weighted by Crippen LogP contribution is -2.54. The van der Waals surface area contributed by atoms with E-state index in [1.54, 1.807) is 12.1 Å². The van der Waals surface area contributed by atoms with Gasteiger partial charge in [0.05, 0.1) is 11.1 Å². The lowest BCUT2D eigenvalue weighted by Gasteiger charge is -2.27. The summed E-state index contributed by atoms with van der Waals surface area (Å²) in [5.74, 6) is -1.78. The van der Waals surface area contributed by atoms with Crippen molar-refractivity contribution in [2.45, 2.75) is 52.5 Å². The van der Waals surface area contributed by atoms with Crippen molar-refractivity contribution >= 4 is 23.6 Å². The van der Waals surface area contributed by atoms with E-state index in [4.69, 9.17) is 0 Å². The fourth-order valence-electron chi connectivity index (χ4n) is 3.02. The number of rotatable bonds is 2. The first kappa shape index (κ1) is 17.8. The Balaban J connectivity index is 0.00000100. The number of nitrogens with one attached hydrogen (secondary N) is 1. The lowest BCUT2D eigenvalue weighted by atomic mass is 9.94. The normalized spacial score (nSPS) is 19.9. The standard InChI is InChI=1S/C16H16N2O4.C2H6/c1-8(2)9-4-3-5-10-13(9)16(22)18(15(10)21)11-6-7-12(19)17-14(11)20;1-2/h3-5,8,11H,6-7H2,1-2H3,(H,17,19,20);1-2H3. The molecule has 2 aliphatic rings. The van der Waals surface area contributed by atoms with Gasteiger partial charge >= 0.3 is 0 Å². The van der Waals surface area contributed by atoms with E-state index in [-0.39, 0.29) is 24.7 Å². The molecule has 1 saturated heterocycles. The maximum atomic E-state index is 12.7. The third-order valence-corrected chi connectivity index (χ3v) is 4.12. The van der Waals surface area contributed by atoms with Gasteiger partial charge in [0.1, 0.15) is 6.04 Å². The minimum Gasteiger partial charge on any atom is -0.295 e. The zero-order chi connectivity index (χ0) is 18.0. The van der Waals surface area contributed by atoms with Crippen molar-refractivity contribution in [2.75, 3.05) is 0 Å². The fraction of sp³-hybridized carbons (Fsp3) is 0.444. The highest BCUT2D eigenvalue weighted by atomic mass is 16.2. The second kappa shape index (κ2) is 6.95. The monoisotopic (exact) mass is 330 g/mol. The van der Waals surface area contributed by atoms with Gasteiger partial charge in [-0.25, -0.2) is 0 Å². The SMILES string of the molecule is CC.CC(C)c1cccc2c1C(=O)N(C1CCC(=O)NC1=O)C2=O. The molecule has 2 aliphatic heterocycles. The second-order valence-electron chi connectivity index (χ2n) is 5.87. The van der Waals surface area contributed by atoms with Crippen LogP contribution in [0, 0.1) is 0 Å². The van der Waals surface area contributed by atoms with Crippen LogP contribution in [0.4, 0.5) is 0 Å². The van der Waals surface area contributed by atoms with Crippen molar-refractivity contribution in [3.05, 3.63) is 34.9 Å². The molecule has 0 radical (unpaired) electrons. The Morgan fingerprint density at radius 3 is 2.33 bits per heavy atom. The van der Waals surface area contributed by atoms with Gasteiger partial charge in [-0.3, -0.25) is 29.4 Å². The van der Waals surface area contributed by atoms with E-state index in [2.05, 4.69) is 5.32 Å². The van der Waals surface area contributed by atoms with Crippen molar-refractivity contribution in [3.63, 3.8) is 0 Å². The number of carbonyl (C=O) groups is 4. The number of hydrogen-bond donors (Lipinski definition) is 1. The molecule has 128 valence electrons. The highest BCUT2D eigenvalue weighted by Crippen LogP contribution is 2.32. The Kier molecular flexibility index (Phi) is 5.17. The Bertz CT molecular complexity index is 709. The van der Waals surface area contributed by atoms with Gasteiger partial charge in [0.15, 0.2) is 0 Å². The predicted molar refractivity (Wildman–Crippen MR) is 88.6 cm³/mol. The van der Waals surface area contributed by atoms with E-state index < -0.39 is 23.8 Å². The molecular weight excluding hydrogens is 308 g/mol. The van der Waals surface area contributed by atoms with Crippen molar-refractivity contribution in [2.24, 2.45) is 0 Å². The summed E-state index contributed by atoms with van der Waals surface area (Å²) in [4.78, 5) is 49.5. The zero-order valence-corrected chi connectivity index (χ0v) is 14.4. The van der Waals surface area contributed by atoms with Crippen LogP contribution in [0.15, 0.2) is 18.2 Å². The van der Waals surface area contributed by atoms with Crippen LogP contribution in [-0.2, 0) is 9.59 Å². The molecule has 6 heteroatoms.